The lowest BCUT2D eigenvalue weighted by atomic mass is 9.94. The van der Waals surface area contributed by atoms with Gasteiger partial charge in [-0.05, 0) is 43.2 Å². The summed E-state index contributed by atoms with van der Waals surface area (Å²) in [5.41, 5.74) is 1.54. The van der Waals surface area contributed by atoms with E-state index in [9.17, 15) is 19.3 Å². The number of carbonyl (C=O) groups excluding carboxylic acids is 1. The van der Waals surface area contributed by atoms with Crippen molar-refractivity contribution in [1.82, 2.24) is 14.8 Å². The van der Waals surface area contributed by atoms with Crippen molar-refractivity contribution in [2.24, 2.45) is 0 Å². The molecule has 0 saturated carbocycles. The summed E-state index contributed by atoms with van der Waals surface area (Å²) in [6, 6.07) is 10.5. The number of fused-ring (bicyclic) bond motifs is 1. The highest BCUT2D eigenvalue weighted by Crippen LogP contribution is 2.36. The van der Waals surface area contributed by atoms with E-state index in [1.807, 2.05) is 0 Å². The van der Waals surface area contributed by atoms with Crippen molar-refractivity contribution in [3.8, 4) is 0 Å². The number of rotatable bonds is 7. The standard InChI is InChI=1S/C22H21FN6O4/c1-13-19(21(31)25-16-9-7-15(23)8-10-16)20(14-4-2-5-17(12-14)29(32)33)28-22(24-13)26-18(27-28)6-3-11-30/h2,4-5,7-10,12,20,30H,3,6,11H2,1H3,(H,25,31)(H,24,26,27). The number of carbonyl (C=O) groups is 1. The number of aryl methyl sites for hydroxylation is 1. The number of aromatic nitrogens is 3. The van der Waals surface area contributed by atoms with Crippen molar-refractivity contribution in [2.75, 3.05) is 17.2 Å². The number of anilines is 2. The van der Waals surface area contributed by atoms with Crippen LogP contribution in [0.4, 0.5) is 21.7 Å². The van der Waals surface area contributed by atoms with Crippen molar-refractivity contribution >= 4 is 23.2 Å². The van der Waals surface area contributed by atoms with E-state index in [0.717, 1.165) is 0 Å². The Bertz CT molecular complexity index is 1240. The lowest BCUT2D eigenvalue weighted by Crippen LogP contribution is -2.31. The average molecular weight is 452 g/mol. The lowest BCUT2D eigenvalue weighted by molar-refractivity contribution is -0.384. The van der Waals surface area contributed by atoms with Crippen LogP contribution in [-0.4, -0.2) is 37.3 Å². The molecular weight excluding hydrogens is 431 g/mol. The van der Waals surface area contributed by atoms with Crippen LogP contribution in [0.1, 0.15) is 30.8 Å². The van der Waals surface area contributed by atoms with Gasteiger partial charge >= 0.3 is 0 Å². The predicted octanol–water partition coefficient (Wildman–Crippen LogP) is 3.18. The second kappa shape index (κ2) is 9.17. The van der Waals surface area contributed by atoms with E-state index in [-0.39, 0.29) is 17.9 Å². The van der Waals surface area contributed by atoms with Crippen molar-refractivity contribution in [3.05, 3.63) is 87.1 Å². The average Bonchev–Trinajstić information content (AvgIpc) is 3.20. The number of nitro benzene ring substituents is 1. The molecule has 170 valence electrons. The molecule has 0 fully saturated rings. The van der Waals surface area contributed by atoms with Gasteiger partial charge in [-0.2, -0.15) is 10.1 Å². The van der Waals surface area contributed by atoms with Gasteiger partial charge in [0.2, 0.25) is 5.95 Å². The Morgan fingerprint density at radius 1 is 1.30 bits per heavy atom. The van der Waals surface area contributed by atoms with E-state index in [0.29, 0.717) is 41.6 Å². The SMILES string of the molecule is CC1=C(C(=O)Nc2ccc(F)cc2)C(c2cccc([N+](=O)[O-])c2)n2nc(CCCO)nc2N1. The maximum absolute atomic E-state index is 13.3. The largest absolute Gasteiger partial charge is 0.396 e. The van der Waals surface area contributed by atoms with Gasteiger partial charge in [0, 0.05) is 36.5 Å². The molecular formula is C22H21FN6O4. The van der Waals surface area contributed by atoms with Crippen LogP contribution in [0.15, 0.2) is 59.8 Å². The molecule has 3 N–H and O–H groups in total. The van der Waals surface area contributed by atoms with Crippen LogP contribution in [0.3, 0.4) is 0 Å². The molecule has 1 aliphatic rings. The first-order valence-corrected chi connectivity index (χ1v) is 10.2. The predicted molar refractivity (Wildman–Crippen MR) is 118 cm³/mol. The number of allylic oxidation sites excluding steroid dienone is 1. The minimum absolute atomic E-state index is 0.0196. The van der Waals surface area contributed by atoms with E-state index in [4.69, 9.17) is 5.11 Å². The Kier molecular flexibility index (Phi) is 6.13. The maximum atomic E-state index is 13.3. The topological polar surface area (TPSA) is 135 Å². The molecule has 1 aromatic heterocycles. The zero-order valence-electron chi connectivity index (χ0n) is 17.7. The Labute approximate surface area is 187 Å². The fraction of sp³-hybridized carbons (Fsp3) is 0.227. The van der Waals surface area contributed by atoms with Crippen LogP contribution in [0.2, 0.25) is 0 Å². The summed E-state index contributed by atoms with van der Waals surface area (Å²) in [6.07, 6.45) is 0.894. The maximum Gasteiger partial charge on any atom is 0.269 e. The van der Waals surface area contributed by atoms with Crippen molar-refractivity contribution in [1.29, 1.82) is 0 Å². The van der Waals surface area contributed by atoms with E-state index in [1.165, 1.54) is 41.1 Å². The van der Waals surface area contributed by atoms with E-state index in [2.05, 4.69) is 20.7 Å². The lowest BCUT2D eigenvalue weighted by Gasteiger charge is -2.28. The fourth-order valence-corrected chi connectivity index (χ4v) is 3.68. The zero-order valence-corrected chi connectivity index (χ0v) is 17.7. The number of benzene rings is 2. The number of amides is 1. The number of aliphatic hydroxyl groups is 1. The Morgan fingerprint density at radius 2 is 2.06 bits per heavy atom. The summed E-state index contributed by atoms with van der Waals surface area (Å²) < 4.78 is 14.8. The number of nitrogens with zero attached hydrogens (tertiary/aromatic N) is 4. The molecule has 0 spiro atoms. The van der Waals surface area contributed by atoms with Crippen LogP contribution in [0.5, 0.6) is 0 Å². The third kappa shape index (κ3) is 4.58. The second-order valence-corrected chi connectivity index (χ2v) is 7.50. The van der Waals surface area contributed by atoms with Gasteiger partial charge in [0.05, 0.1) is 10.5 Å². The minimum atomic E-state index is -0.794. The van der Waals surface area contributed by atoms with Gasteiger partial charge in [0.15, 0.2) is 5.82 Å². The highest BCUT2D eigenvalue weighted by molar-refractivity contribution is 6.06. The third-order valence-corrected chi connectivity index (χ3v) is 5.20. The molecule has 0 bridgehead atoms. The molecule has 1 amide bonds. The second-order valence-electron chi connectivity index (χ2n) is 7.50. The first kappa shape index (κ1) is 22.1. The minimum Gasteiger partial charge on any atom is -0.396 e. The third-order valence-electron chi connectivity index (χ3n) is 5.20. The van der Waals surface area contributed by atoms with E-state index >= 15 is 0 Å². The number of aliphatic hydroxyl groups excluding tert-OH is 1. The number of non-ortho nitro benzene ring substituents is 1. The molecule has 11 heteroatoms. The molecule has 33 heavy (non-hydrogen) atoms. The van der Waals surface area contributed by atoms with Gasteiger partial charge < -0.3 is 15.7 Å². The van der Waals surface area contributed by atoms with Crippen LogP contribution in [-0.2, 0) is 11.2 Å². The van der Waals surface area contributed by atoms with E-state index < -0.39 is 22.7 Å². The molecule has 4 rings (SSSR count). The summed E-state index contributed by atoms with van der Waals surface area (Å²) in [5, 5.41) is 30.8. The van der Waals surface area contributed by atoms with Gasteiger partial charge in [0.25, 0.3) is 11.6 Å². The molecule has 1 unspecified atom stereocenters. The molecule has 0 radical (unpaired) electrons. The smallest absolute Gasteiger partial charge is 0.269 e. The molecule has 2 aromatic carbocycles. The zero-order chi connectivity index (χ0) is 23.5. The Morgan fingerprint density at radius 3 is 2.76 bits per heavy atom. The number of nitro groups is 1. The van der Waals surface area contributed by atoms with Crippen LogP contribution in [0, 0.1) is 15.9 Å². The molecule has 0 aliphatic carbocycles. The van der Waals surface area contributed by atoms with Crippen molar-refractivity contribution < 1.29 is 19.2 Å². The Balaban J connectivity index is 1.78. The Hall–Kier alpha value is -4.12. The van der Waals surface area contributed by atoms with Crippen LogP contribution < -0.4 is 10.6 Å². The summed E-state index contributed by atoms with van der Waals surface area (Å²) in [4.78, 5) is 28.6. The highest BCUT2D eigenvalue weighted by atomic mass is 19.1. The first-order chi connectivity index (χ1) is 15.9. The number of hydrogen-bond donors (Lipinski definition) is 3. The molecule has 1 aliphatic heterocycles. The molecule has 0 saturated heterocycles. The van der Waals surface area contributed by atoms with Crippen molar-refractivity contribution in [2.45, 2.75) is 25.8 Å². The fourth-order valence-electron chi connectivity index (χ4n) is 3.68. The molecule has 2 heterocycles. The van der Waals surface area contributed by atoms with E-state index in [1.54, 1.807) is 19.1 Å². The number of hydrogen-bond acceptors (Lipinski definition) is 7. The summed E-state index contributed by atoms with van der Waals surface area (Å²) >= 11 is 0. The molecule has 1 atom stereocenters. The van der Waals surface area contributed by atoms with Crippen LogP contribution >= 0.6 is 0 Å². The summed E-state index contributed by atoms with van der Waals surface area (Å²) in [6.45, 7) is 1.68. The van der Waals surface area contributed by atoms with Crippen molar-refractivity contribution in [3.63, 3.8) is 0 Å². The molecule has 3 aromatic rings. The van der Waals surface area contributed by atoms with Gasteiger partial charge in [-0.3, -0.25) is 14.9 Å². The van der Waals surface area contributed by atoms with Gasteiger partial charge in [-0.1, -0.05) is 12.1 Å². The van der Waals surface area contributed by atoms with Gasteiger partial charge in [0.1, 0.15) is 11.9 Å². The highest BCUT2D eigenvalue weighted by Gasteiger charge is 2.35. The van der Waals surface area contributed by atoms with Gasteiger partial charge in [-0.15, -0.1) is 0 Å². The first-order valence-electron chi connectivity index (χ1n) is 10.2. The van der Waals surface area contributed by atoms with Crippen LogP contribution in [0.25, 0.3) is 0 Å². The quantitative estimate of drug-likeness (QED) is 0.370. The molecule has 10 nitrogen and oxygen atoms in total. The summed E-state index contributed by atoms with van der Waals surface area (Å²) in [5.74, 6) is -0.0497. The summed E-state index contributed by atoms with van der Waals surface area (Å²) in [7, 11) is 0. The normalized spacial score (nSPS) is 15.1. The number of halogens is 1. The number of nitrogens with one attached hydrogen (secondary N) is 2. The monoisotopic (exact) mass is 452 g/mol. The van der Waals surface area contributed by atoms with Gasteiger partial charge in [-0.25, -0.2) is 9.07 Å².